The first-order chi connectivity index (χ1) is 11.6. The Kier molecular flexibility index (Phi) is 6.36. The van der Waals surface area contributed by atoms with Crippen LogP contribution in [0.2, 0.25) is 0 Å². The molecule has 0 aromatic heterocycles. The molecule has 3 atom stereocenters. The van der Waals surface area contributed by atoms with Crippen LogP contribution in [0.5, 0.6) is 0 Å². The van der Waals surface area contributed by atoms with Crippen molar-refractivity contribution in [2.24, 2.45) is 0 Å². The molecule has 2 heterocycles. The number of ether oxygens (including phenoxy) is 1. The van der Waals surface area contributed by atoms with E-state index in [0.29, 0.717) is 12.6 Å². The van der Waals surface area contributed by atoms with Crippen molar-refractivity contribution in [3.05, 3.63) is 0 Å². The summed E-state index contributed by atoms with van der Waals surface area (Å²) >= 11 is 0. The number of urea groups is 1. The third kappa shape index (κ3) is 5.07. The van der Waals surface area contributed by atoms with E-state index in [-0.39, 0.29) is 18.2 Å². The SMILES string of the molecule is CC1CN(CCNC(=O)NC2CCN(C3CCCC3)C2)CC(C)O1. The largest absolute Gasteiger partial charge is 0.373 e. The van der Waals surface area contributed by atoms with E-state index in [4.69, 9.17) is 4.74 Å². The number of amides is 2. The molecule has 6 nitrogen and oxygen atoms in total. The molecule has 6 heteroatoms. The van der Waals surface area contributed by atoms with Gasteiger partial charge in [0.25, 0.3) is 0 Å². The summed E-state index contributed by atoms with van der Waals surface area (Å²) in [5.41, 5.74) is 0. The van der Waals surface area contributed by atoms with Crippen LogP contribution >= 0.6 is 0 Å². The monoisotopic (exact) mass is 338 g/mol. The summed E-state index contributed by atoms with van der Waals surface area (Å²) in [5, 5.41) is 6.17. The highest BCUT2D eigenvalue weighted by Crippen LogP contribution is 2.26. The van der Waals surface area contributed by atoms with Crippen LogP contribution in [-0.2, 0) is 4.74 Å². The van der Waals surface area contributed by atoms with Gasteiger partial charge in [0.1, 0.15) is 0 Å². The lowest BCUT2D eigenvalue weighted by Gasteiger charge is -2.35. The highest BCUT2D eigenvalue weighted by atomic mass is 16.5. The number of carbonyl (C=O) groups is 1. The Morgan fingerprint density at radius 1 is 1.08 bits per heavy atom. The van der Waals surface area contributed by atoms with E-state index in [0.717, 1.165) is 45.2 Å². The summed E-state index contributed by atoms with van der Waals surface area (Å²) in [6, 6.07) is 1.07. The van der Waals surface area contributed by atoms with Gasteiger partial charge in [0.05, 0.1) is 12.2 Å². The zero-order chi connectivity index (χ0) is 16.9. The Balaban J connectivity index is 1.30. The number of likely N-dealkylation sites (tertiary alicyclic amines) is 1. The summed E-state index contributed by atoms with van der Waals surface area (Å²) < 4.78 is 5.74. The number of nitrogens with one attached hydrogen (secondary N) is 2. The van der Waals surface area contributed by atoms with Crippen LogP contribution < -0.4 is 10.6 Å². The van der Waals surface area contributed by atoms with Crippen molar-refractivity contribution in [1.82, 2.24) is 20.4 Å². The van der Waals surface area contributed by atoms with Gasteiger partial charge >= 0.3 is 6.03 Å². The number of rotatable bonds is 5. The average molecular weight is 338 g/mol. The molecule has 24 heavy (non-hydrogen) atoms. The first-order valence-corrected chi connectivity index (χ1v) is 9.76. The van der Waals surface area contributed by atoms with Crippen LogP contribution in [-0.4, -0.2) is 79.4 Å². The molecule has 2 aliphatic heterocycles. The van der Waals surface area contributed by atoms with Gasteiger partial charge in [-0.25, -0.2) is 4.79 Å². The minimum absolute atomic E-state index is 0.0115. The molecule has 2 amide bonds. The molecule has 0 bridgehead atoms. The molecule has 0 radical (unpaired) electrons. The predicted octanol–water partition coefficient (Wildman–Crippen LogP) is 1.41. The molecule has 0 spiro atoms. The fraction of sp³-hybridized carbons (Fsp3) is 0.944. The average Bonchev–Trinajstić information content (AvgIpc) is 3.16. The maximum Gasteiger partial charge on any atom is 0.315 e. The summed E-state index contributed by atoms with van der Waals surface area (Å²) in [6.07, 6.45) is 7.08. The van der Waals surface area contributed by atoms with Crippen molar-refractivity contribution in [3.8, 4) is 0 Å². The maximum atomic E-state index is 12.1. The molecule has 138 valence electrons. The van der Waals surface area contributed by atoms with Gasteiger partial charge in [0.15, 0.2) is 0 Å². The molecule has 3 rings (SSSR count). The maximum absolute atomic E-state index is 12.1. The molecule has 1 saturated carbocycles. The number of hydrogen-bond donors (Lipinski definition) is 2. The van der Waals surface area contributed by atoms with Gasteiger partial charge in [-0.1, -0.05) is 12.8 Å². The molecule has 2 saturated heterocycles. The van der Waals surface area contributed by atoms with Crippen LogP contribution in [0.4, 0.5) is 4.79 Å². The van der Waals surface area contributed by atoms with Crippen LogP contribution in [0.3, 0.4) is 0 Å². The van der Waals surface area contributed by atoms with E-state index in [9.17, 15) is 4.79 Å². The second-order valence-corrected chi connectivity index (χ2v) is 7.84. The molecular weight excluding hydrogens is 304 g/mol. The van der Waals surface area contributed by atoms with E-state index in [2.05, 4.69) is 34.3 Å². The van der Waals surface area contributed by atoms with E-state index in [1.54, 1.807) is 0 Å². The molecule has 3 fully saturated rings. The Bertz CT molecular complexity index is 404. The minimum Gasteiger partial charge on any atom is -0.373 e. The first kappa shape index (κ1) is 18.0. The third-order valence-electron chi connectivity index (χ3n) is 5.60. The second kappa shape index (κ2) is 8.50. The quantitative estimate of drug-likeness (QED) is 0.796. The number of morpholine rings is 1. The molecule has 3 aliphatic rings. The van der Waals surface area contributed by atoms with Gasteiger partial charge in [-0.2, -0.15) is 0 Å². The van der Waals surface area contributed by atoms with E-state index < -0.39 is 0 Å². The van der Waals surface area contributed by atoms with E-state index in [1.165, 1.54) is 25.7 Å². The highest BCUT2D eigenvalue weighted by Gasteiger charge is 2.30. The first-order valence-electron chi connectivity index (χ1n) is 9.76. The van der Waals surface area contributed by atoms with Crippen LogP contribution in [0.25, 0.3) is 0 Å². The van der Waals surface area contributed by atoms with Gasteiger partial charge in [-0.05, 0) is 33.1 Å². The van der Waals surface area contributed by atoms with Gasteiger partial charge in [-0.3, -0.25) is 9.80 Å². The van der Waals surface area contributed by atoms with Gasteiger partial charge in [0.2, 0.25) is 0 Å². The van der Waals surface area contributed by atoms with Crippen molar-refractivity contribution < 1.29 is 9.53 Å². The van der Waals surface area contributed by atoms with Crippen molar-refractivity contribution in [1.29, 1.82) is 0 Å². The Labute approximate surface area is 146 Å². The number of nitrogens with zero attached hydrogens (tertiary/aromatic N) is 2. The number of hydrogen-bond acceptors (Lipinski definition) is 4. The lowest BCUT2D eigenvalue weighted by Crippen LogP contribution is -2.49. The Hall–Kier alpha value is -0.850. The van der Waals surface area contributed by atoms with E-state index in [1.807, 2.05) is 0 Å². The summed E-state index contributed by atoms with van der Waals surface area (Å²) in [6.45, 7) is 9.88. The topological polar surface area (TPSA) is 56.8 Å². The van der Waals surface area contributed by atoms with E-state index >= 15 is 0 Å². The molecule has 3 unspecified atom stereocenters. The molecule has 0 aromatic carbocycles. The Morgan fingerprint density at radius 2 is 1.79 bits per heavy atom. The highest BCUT2D eigenvalue weighted by molar-refractivity contribution is 5.74. The lowest BCUT2D eigenvalue weighted by atomic mass is 10.2. The molecule has 0 aromatic rings. The van der Waals surface area contributed by atoms with Crippen LogP contribution in [0.1, 0.15) is 46.0 Å². The summed E-state index contributed by atoms with van der Waals surface area (Å²) in [5.74, 6) is 0. The van der Waals surface area contributed by atoms with Gasteiger partial charge < -0.3 is 15.4 Å². The lowest BCUT2D eigenvalue weighted by molar-refractivity contribution is -0.0672. The molecular formula is C18H34N4O2. The summed E-state index contributed by atoms with van der Waals surface area (Å²) in [4.78, 5) is 17.1. The summed E-state index contributed by atoms with van der Waals surface area (Å²) in [7, 11) is 0. The van der Waals surface area contributed by atoms with Crippen molar-refractivity contribution in [2.45, 2.75) is 70.2 Å². The third-order valence-corrected chi connectivity index (χ3v) is 5.60. The molecule has 2 N–H and O–H groups in total. The zero-order valence-corrected chi connectivity index (χ0v) is 15.3. The van der Waals surface area contributed by atoms with Crippen LogP contribution in [0, 0.1) is 0 Å². The van der Waals surface area contributed by atoms with Crippen LogP contribution in [0.15, 0.2) is 0 Å². The Morgan fingerprint density at radius 3 is 2.50 bits per heavy atom. The van der Waals surface area contributed by atoms with Gasteiger partial charge in [0, 0.05) is 51.4 Å². The normalized spacial score (nSPS) is 33.0. The fourth-order valence-electron chi connectivity index (χ4n) is 4.54. The predicted molar refractivity (Wildman–Crippen MR) is 95.2 cm³/mol. The standard InChI is InChI=1S/C18H34N4O2/c1-14-11-21(12-15(2)24-14)10-8-19-18(23)20-16-7-9-22(13-16)17-5-3-4-6-17/h14-17H,3-13H2,1-2H3,(H2,19,20,23). The van der Waals surface area contributed by atoms with Gasteiger partial charge in [-0.15, -0.1) is 0 Å². The van der Waals surface area contributed by atoms with Crippen molar-refractivity contribution >= 4 is 6.03 Å². The van der Waals surface area contributed by atoms with Crippen molar-refractivity contribution in [2.75, 3.05) is 39.3 Å². The zero-order valence-electron chi connectivity index (χ0n) is 15.3. The van der Waals surface area contributed by atoms with Crippen molar-refractivity contribution in [3.63, 3.8) is 0 Å². The molecule has 1 aliphatic carbocycles. The smallest absolute Gasteiger partial charge is 0.315 e. The minimum atomic E-state index is -0.0115. The fourth-order valence-corrected chi connectivity index (χ4v) is 4.54. The number of carbonyl (C=O) groups excluding carboxylic acids is 1. The second-order valence-electron chi connectivity index (χ2n) is 7.84.